The second-order valence-electron chi connectivity index (χ2n) is 4.02. The molecule has 0 unspecified atom stereocenters. The van der Waals surface area contributed by atoms with Crippen LogP contribution in [0.2, 0.25) is 0 Å². The van der Waals surface area contributed by atoms with E-state index in [0.29, 0.717) is 5.41 Å². The van der Waals surface area contributed by atoms with E-state index in [1.807, 2.05) is 0 Å². The van der Waals surface area contributed by atoms with Gasteiger partial charge in [0.05, 0.1) is 0 Å². The zero-order valence-electron chi connectivity index (χ0n) is 9.16. The van der Waals surface area contributed by atoms with E-state index < -0.39 is 0 Å². The van der Waals surface area contributed by atoms with E-state index in [4.69, 9.17) is 0 Å². The Morgan fingerprint density at radius 1 is 0.917 bits per heavy atom. The maximum atomic E-state index is 4.30. The van der Waals surface area contributed by atoms with Gasteiger partial charge in [-0.1, -0.05) is 59.3 Å². The van der Waals surface area contributed by atoms with Crippen LogP contribution in [0.4, 0.5) is 0 Å². The maximum Gasteiger partial charge on any atom is -0.0302 e. The Morgan fingerprint density at radius 2 is 1.50 bits per heavy atom. The Bertz CT molecular complexity index is 90.2. The third-order valence-electron chi connectivity index (χ3n) is 3.06. The summed E-state index contributed by atoms with van der Waals surface area (Å²) in [5.74, 6) is 0. The molecule has 0 rings (SSSR count). The van der Waals surface area contributed by atoms with Gasteiger partial charge in [0, 0.05) is 0 Å². The standard InChI is InChI=1S/C12H25/c1-5-8-9-10-11-12(4,6-2)7-3/h4-11H2,1-3H3. The molecule has 12 heavy (non-hydrogen) atoms. The van der Waals surface area contributed by atoms with Crippen LogP contribution in [0.3, 0.4) is 0 Å². The first-order chi connectivity index (χ1) is 5.68. The summed E-state index contributed by atoms with van der Waals surface area (Å²) in [6.07, 6.45) is 9.28. The molecule has 0 heteroatoms. The Labute approximate surface area is 78.8 Å². The molecule has 0 heterocycles. The van der Waals surface area contributed by atoms with E-state index in [0.717, 1.165) is 0 Å². The van der Waals surface area contributed by atoms with Crippen LogP contribution in [0.1, 0.15) is 65.7 Å². The molecule has 0 saturated carbocycles. The van der Waals surface area contributed by atoms with Crippen molar-refractivity contribution in [2.24, 2.45) is 5.41 Å². The Kier molecular flexibility index (Phi) is 6.51. The Morgan fingerprint density at radius 3 is 1.92 bits per heavy atom. The maximum absolute atomic E-state index is 4.30. The summed E-state index contributed by atoms with van der Waals surface area (Å²) >= 11 is 0. The van der Waals surface area contributed by atoms with Crippen LogP contribution in [0.5, 0.6) is 0 Å². The minimum absolute atomic E-state index is 0.383. The molecular formula is C12H25. The molecule has 1 radical (unpaired) electrons. The van der Waals surface area contributed by atoms with Gasteiger partial charge in [-0.05, 0) is 18.8 Å². The molecule has 0 bridgehead atoms. The van der Waals surface area contributed by atoms with E-state index >= 15 is 0 Å². The van der Waals surface area contributed by atoms with Gasteiger partial charge in [-0.15, -0.1) is 0 Å². The van der Waals surface area contributed by atoms with Crippen LogP contribution >= 0.6 is 0 Å². The molecule has 0 aliphatic rings. The van der Waals surface area contributed by atoms with Gasteiger partial charge < -0.3 is 0 Å². The normalized spacial score (nSPS) is 12.0. The molecule has 73 valence electrons. The molecule has 0 aliphatic heterocycles. The highest BCUT2D eigenvalue weighted by atomic mass is 14.2. The highest BCUT2D eigenvalue weighted by Gasteiger charge is 2.18. The highest BCUT2D eigenvalue weighted by molar-refractivity contribution is 4.78. The van der Waals surface area contributed by atoms with Crippen molar-refractivity contribution in [2.75, 3.05) is 0 Å². The summed E-state index contributed by atoms with van der Waals surface area (Å²) in [5.41, 5.74) is 0.383. The van der Waals surface area contributed by atoms with Crippen molar-refractivity contribution in [1.29, 1.82) is 0 Å². The quantitative estimate of drug-likeness (QED) is 0.489. The highest BCUT2D eigenvalue weighted by Crippen LogP contribution is 2.31. The van der Waals surface area contributed by atoms with Crippen LogP contribution in [-0.4, -0.2) is 0 Å². The molecule has 0 fully saturated rings. The van der Waals surface area contributed by atoms with Crippen LogP contribution in [0.25, 0.3) is 0 Å². The topological polar surface area (TPSA) is 0 Å². The predicted octanol–water partition coefficient (Wildman–Crippen LogP) is 4.60. The van der Waals surface area contributed by atoms with E-state index in [1.165, 1.54) is 44.9 Å². The molecule has 0 aromatic rings. The predicted molar refractivity (Wildman–Crippen MR) is 57.1 cm³/mol. The summed E-state index contributed by atoms with van der Waals surface area (Å²) in [6.45, 7) is 11.1. The molecular weight excluding hydrogens is 144 g/mol. The first-order valence-electron chi connectivity index (χ1n) is 5.54. The number of rotatable bonds is 7. The summed E-state index contributed by atoms with van der Waals surface area (Å²) in [5, 5.41) is 0. The zero-order chi connectivity index (χ0) is 9.45. The molecule has 0 aromatic carbocycles. The minimum atomic E-state index is 0.383. The summed E-state index contributed by atoms with van der Waals surface area (Å²) in [7, 11) is 0. The second-order valence-corrected chi connectivity index (χ2v) is 4.02. The summed E-state index contributed by atoms with van der Waals surface area (Å²) in [4.78, 5) is 0. The van der Waals surface area contributed by atoms with Gasteiger partial charge in [0.25, 0.3) is 0 Å². The van der Waals surface area contributed by atoms with Gasteiger partial charge in [0.2, 0.25) is 0 Å². The number of unbranched alkanes of at least 4 members (excludes halogenated alkanes) is 3. The van der Waals surface area contributed by atoms with Crippen molar-refractivity contribution in [3.63, 3.8) is 0 Å². The third-order valence-corrected chi connectivity index (χ3v) is 3.06. The van der Waals surface area contributed by atoms with Crippen LogP contribution in [0, 0.1) is 12.3 Å². The average Bonchev–Trinajstić information content (AvgIpc) is 2.12. The smallest absolute Gasteiger partial charge is 0.0302 e. The van der Waals surface area contributed by atoms with Crippen molar-refractivity contribution >= 4 is 0 Å². The van der Waals surface area contributed by atoms with Crippen molar-refractivity contribution in [2.45, 2.75) is 65.7 Å². The molecule has 0 amide bonds. The van der Waals surface area contributed by atoms with E-state index in [-0.39, 0.29) is 0 Å². The van der Waals surface area contributed by atoms with Crippen molar-refractivity contribution in [3.8, 4) is 0 Å². The minimum Gasteiger partial charge on any atom is -0.0654 e. The zero-order valence-corrected chi connectivity index (χ0v) is 9.16. The molecule has 0 spiro atoms. The number of hydrogen-bond acceptors (Lipinski definition) is 0. The van der Waals surface area contributed by atoms with Crippen molar-refractivity contribution < 1.29 is 0 Å². The average molecular weight is 169 g/mol. The SMILES string of the molecule is [CH2]C(CC)(CC)CCCCCC. The van der Waals surface area contributed by atoms with E-state index in [1.54, 1.807) is 0 Å². The van der Waals surface area contributed by atoms with Gasteiger partial charge in [0.1, 0.15) is 0 Å². The summed E-state index contributed by atoms with van der Waals surface area (Å²) < 4.78 is 0. The van der Waals surface area contributed by atoms with Crippen LogP contribution < -0.4 is 0 Å². The van der Waals surface area contributed by atoms with Gasteiger partial charge in [0.15, 0.2) is 0 Å². The molecule has 0 N–H and O–H groups in total. The van der Waals surface area contributed by atoms with Crippen molar-refractivity contribution in [3.05, 3.63) is 6.92 Å². The molecule has 0 atom stereocenters. The summed E-state index contributed by atoms with van der Waals surface area (Å²) in [6, 6.07) is 0. The Balaban J connectivity index is 3.45. The van der Waals surface area contributed by atoms with E-state index in [2.05, 4.69) is 27.7 Å². The first-order valence-corrected chi connectivity index (χ1v) is 5.54. The lowest BCUT2D eigenvalue weighted by Crippen LogP contribution is -2.13. The fourth-order valence-corrected chi connectivity index (χ4v) is 1.53. The molecule has 0 aliphatic carbocycles. The molecule has 0 aromatic heterocycles. The largest absolute Gasteiger partial charge is 0.0654 e. The van der Waals surface area contributed by atoms with Gasteiger partial charge >= 0.3 is 0 Å². The van der Waals surface area contributed by atoms with E-state index in [9.17, 15) is 0 Å². The fraction of sp³-hybridized carbons (Fsp3) is 0.917. The van der Waals surface area contributed by atoms with Gasteiger partial charge in [-0.3, -0.25) is 0 Å². The van der Waals surface area contributed by atoms with Gasteiger partial charge in [-0.2, -0.15) is 0 Å². The number of hydrogen-bond donors (Lipinski definition) is 0. The fourth-order valence-electron chi connectivity index (χ4n) is 1.53. The van der Waals surface area contributed by atoms with Gasteiger partial charge in [-0.25, -0.2) is 0 Å². The lowest BCUT2D eigenvalue weighted by atomic mass is 9.80. The van der Waals surface area contributed by atoms with Crippen molar-refractivity contribution in [1.82, 2.24) is 0 Å². The van der Waals surface area contributed by atoms with Crippen LogP contribution in [-0.2, 0) is 0 Å². The Hall–Kier alpha value is 0. The second kappa shape index (κ2) is 6.51. The van der Waals surface area contributed by atoms with Crippen LogP contribution in [0.15, 0.2) is 0 Å². The molecule has 0 saturated heterocycles. The molecule has 0 nitrogen and oxygen atoms in total. The first kappa shape index (κ1) is 12.0. The lowest BCUT2D eigenvalue weighted by Gasteiger charge is -2.26. The third kappa shape index (κ3) is 4.79. The lowest BCUT2D eigenvalue weighted by molar-refractivity contribution is 0.306. The monoisotopic (exact) mass is 169 g/mol.